The molecule has 0 saturated heterocycles. The van der Waals surface area contributed by atoms with Crippen LogP contribution < -0.4 is 10.6 Å². The minimum Gasteiger partial charge on any atom is -0.368 e. The number of alkyl halides is 3. The van der Waals surface area contributed by atoms with Gasteiger partial charge in [-0.05, 0) is 23.3 Å². The van der Waals surface area contributed by atoms with Crippen LogP contribution in [0.25, 0.3) is 22.3 Å². The molecule has 0 saturated carbocycles. The van der Waals surface area contributed by atoms with E-state index in [1.165, 1.54) is 23.5 Å². The fraction of sp³-hybridized carbons (Fsp3) is 0.143. The number of nitrogens with one attached hydrogen (secondary N) is 2. The molecule has 186 valence electrons. The fourth-order valence-corrected chi connectivity index (χ4v) is 4.05. The summed E-state index contributed by atoms with van der Waals surface area (Å²) in [5.41, 5.74) is 3.57. The molecule has 0 aliphatic carbocycles. The van der Waals surface area contributed by atoms with Crippen molar-refractivity contribution in [2.45, 2.75) is 12.1 Å². The second-order valence-corrected chi connectivity index (χ2v) is 8.43. The Bertz CT molecular complexity index is 1420. The lowest BCUT2D eigenvalue weighted by atomic mass is 9.91. The summed E-state index contributed by atoms with van der Waals surface area (Å²) >= 11 is 0. The van der Waals surface area contributed by atoms with Crippen molar-refractivity contribution in [3.63, 3.8) is 0 Å². The minimum absolute atomic E-state index is 0.0851. The highest BCUT2D eigenvalue weighted by atomic mass is 19.4. The number of anilines is 2. The molecule has 2 heterocycles. The Hall–Kier alpha value is -4.53. The molecule has 6 nitrogen and oxygen atoms in total. The van der Waals surface area contributed by atoms with E-state index in [0.29, 0.717) is 23.8 Å². The average Bonchev–Trinajstić information content (AvgIpc) is 2.93. The van der Waals surface area contributed by atoms with Gasteiger partial charge >= 0.3 is 6.18 Å². The second kappa shape index (κ2) is 10.6. The number of fused-ring (bicyclic) bond motifs is 1. The molecule has 0 unspecified atom stereocenters. The van der Waals surface area contributed by atoms with Gasteiger partial charge in [0.15, 0.2) is 5.82 Å². The van der Waals surface area contributed by atoms with E-state index in [1.54, 1.807) is 0 Å². The van der Waals surface area contributed by atoms with E-state index in [0.717, 1.165) is 10.9 Å². The molecule has 0 radical (unpaired) electrons. The molecule has 3 aromatic carbocycles. The summed E-state index contributed by atoms with van der Waals surface area (Å²) in [7, 11) is 0. The van der Waals surface area contributed by atoms with Crippen molar-refractivity contribution in [3.05, 3.63) is 108 Å². The molecule has 0 amide bonds. The SMILES string of the molecule is FC(F)(F)CNc1ncc(-c2nc(NCC(c3ccccc3)c3ccccc3)c3ccccc3n2)cn1. The molecule has 0 bridgehead atoms. The molecule has 2 aromatic heterocycles. The number of halogens is 3. The van der Waals surface area contributed by atoms with E-state index in [9.17, 15) is 13.2 Å². The van der Waals surface area contributed by atoms with Gasteiger partial charge in [-0.3, -0.25) is 0 Å². The summed E-state index contributed by atoms with van der Waals surface area (Å²) in [6.07, 6.45) is -1.53. The van der Waals surface area contributed by atoms with Crippen molar-refractivity contribution in [1.82, 2.24) is 19.9 Å². The summed E-state index contributed by atoms with van der Waals surface area (Å²) < 4.78 is 37.4. The Morgan fingerprint density at radius 2 is 1.30 bits per heavy atom. The highest BCUT2D eigenvalue weighted by Crippen LogP contribution is 2.28. The lowest BCUT2D eigenvalue weighted by molar-refractivity contribution is -0.115. The second-order valence-electron chi connectivity index (χ2n) is 8.43. The topological polar surface area (TPSA) is 75.6 Å². The molecule has 0 aliphatic heterocycles. The lowest BCUT2D eigenvalue weighted by Crippen LogP contribution is -2.22. The molecule has 5 rings (SSSR count). The van der Waals surface area contributed by atoms with Crippen LogP contribution >= 0.6 is 0 Å². The molecule has 0 aliphatic rings. The summed E-state index contributed by atoms with van der Waals surface area (Å²) in [6, 6.07) is 28.2. The van der Waals surface area contributed by atoms with Crippen molar-refractivity contribution in [1.29, 1.82) is 0 Å². The lowest BCUT2D eigenvalue weighted by Gasteiger charge is -2.20. The Kier molecular flexibility index (Phi) is 6.93. The monoisotopic (exact) mass is 500 g/mol. The van der Waals surface area contributed by atoms with Gasteiger partial charge in [-0.1, -0.05) is 72.8 Å². The van der Waals surface area contributed by atoms with Crippen LogP contribution in [-0.2, 0) is 0 Å². The number of nitrogens with zero attached hydrogens (tertiary/aromatic N) is 4. The van der Waals surface area contributed by atoms with E-state index >= 15 is 0 Å². The number of para-hydroxylation sites is 1. The first-order chi connectivity index (χ1) is 18.0. The normalized spacial score (nSPS) is 11.6. The van der Waals surface area contributed by atoms with Gasteiger partial charge in [-0.2, -0.15) is 13.2 Å². The van der Waals surface area contributed by atoms with Gasteiger partial charge in [0.25, 0.3) is 0 Å². The third-order valence-corrected chi connectivity index (χ3v) is 5.84. The molecule has 0 spiro atoms. The maximum atomic E-state index is 12.5. The van der Waals surface area contributed by atoms with E-state index in [2.05, 4.69) is 49.9 Å². The predicted octanol–water partition coefficient (Wildman–Crippen LogP) is 6.31. The number of benzene rings is 3. The Balaban J connectivity index is 1.44. The Morgan fingerprint density at radius 3 is 1.92 bits per heavy atom. The molecular formula is C28H23F3N6. The van der Waals surface area contributed by atoms with Gasteiger partial charge in [-0.25, -0.2) is 19.9 Å². The van der Waals surface area contributed by atoms with Crippen LogP contribution in [0.1, 0.15) is 17.0 Å². The van der Waals surface area contributed by atoms with Gasteiger partial charge in [0.2, 0.25) is 5.95 Å². The van der Waals surface area contributed by atoms with Gasteiger partial charge in [-0.15, -0.1) is 0 Å². The zero-order chi connectivity index (χ0) is 25.7. The van der Waals surface area contributed by atoms with Gasteiger partial charge in [0.05, 0.1) is 11.1 Å². The molecule has 0 atom stereocenters. The number of hydrogen-bond acceptors (Lipinski definition) is 6. The van der Waals surface area contributed by atoms with Crippen molar-refractivity contribution in [2.75, 3.05) is 23.7 Å². The molecule has 37 heavy (non-hydrogen) atoms. The maximum Gasteiger partial charge on any atom is 0.405 e. The number of aromatic nitrogens is 4. The largest absolute Gasteiger partial charge is 0.405 e. The zero-order valence-corrected chi connectivity index (χ0v) is 19.7. The van der Waals surface area contributed by atoms with Crippen molar-refractivity contribution < 1.29 is 13.2 Å². The number of rotatable bonds is 8. The quantitative estimate of drug-likeness (QED) is 0.260. The van der Waals surface area contributed by atoms with Gasteiger partial charge in [0, 0.05) is 30.2 Å². The van der Waals surface area contributed by atoms with E-state index < -0.39 is 12.7 Å². The van der Waals surface area contributed by atoms with Crippen molar-refractivity contribution in [2.24, 2.45) is 0 Å². The summed E-state index contributed by atoms with van der Waals surface area (Å²) in [6.45, 7) is -0.623. The van der Waals surface area contributed by atoms with Crippen LogP contribution in [0.4, 0.5) is 24.9 Å². The highest BCUT2D eigenvalue weighted by molar-refractivity contribution is 5.90. The molecule has 2 N–H and O–H groups in total. The molecule has 0 fully saturated rings. The van der Waals surface area contributed by atoms with E-state index in [1.807, 2.05) is 60.7 Å². The van der Waals surface area contributed by atoms with E-state index in [-0.39, 0.29) is 11.9 Å². The summed E-state index contributed by atoms with van der Waals surface area (Å²) in [4.78, 5) is 17.4. The Labute approximate surface area is 211 Å². The van der Waals surface area contributed by atoms with Crippen LogP contribution in [0.3, 0.4) is 0 Å². The molecule has 5 aromatic rings. The first-order valence-electron chi connectivity index (χ1n) is 11.7. The summed E-state index contributed by atoms with van der Waals surface area (Å²) in [5.74, 6) is 0.993. The number of hydrogen-bond donors (Lipinski definition) is 2. The van der Waals surface area contributed by atoms with Gasteiger partial charge in [0.1, 0.15) is 12.4 Å². The van der Waals surface area contributed by atoms with Gasteiger partial charge < -0.3 is 10.6 Å². The maximum absolute atomic E-state index is 12.5. The highest BCUT2D eigenvalue weighted by Gasteiger charge is 2.27. The van der Waals surface area contributed by atoms with Crippen LogP contribution in [0.2, 0.25) is 0 Å². The third-order valence-electron chi connectivity index (χ3n) is 5.84. The van der Waals surface area contributed by atoms with Crippen LogP contribution in [0.15, 0.2) is 97.3 Å². The zero-order valence-electron chi connectivity index (χ0n) is 19.7. The van der Waals surface area contributed by atoms with Crippen LogP contribution in [-0.4, -0.2) is 39.2 Å². The van der Waals surface area contributed by atoms with Crippen LogP contribution in [0, 0.1) is 0 Å². The van der Waals surface area contributed by atoms with Crippen LogP contribution in [0.5, 0.6) is 0 Å². The smallest absolute Gasteiger partial charge is 0.368 e. The van der Waals surface area contributed by atoms with E-state index in [4.69, 9.17) is 4.98 Å². The first-order valence-corrected chi connectivity index (χ1v) is 11.7. The molecule has 9 heteroatoms. The average molecular weight is 501 g/mol. The standard InChI is InChI=1S/C28H23F3N6/c29-28(30,31)18-35-27-33-15-21(16-34-27)25-36-24-14-8-7-13-22(24)26(37-25)32-17-23(19-9-3-1-4-10-19)20-11-5-2-6-12-20/h1-16,23H,17-18H2,(H,32,36,37)(H,33,34,35). The van der Waals surface area contributed by atoms with Crippen molar-refractivity contribution >= 4 is 22.7 Å². The third kappa shape index (κ3) is 6.00. The molecular weight excluding hydrogens is 477 g/mol. The predicted molar refractivity (Wildman–Crippen MR) is 138 cm³/mol. The summed E-state index contributed by atoms with van der Waals surface area (Å²) in [5, 5.41) is 6.54. The minimum atomic E-state index is -4.36. The fourth-order valence-electron chi connectivity index (χ4n) is 4.05. The van der Waals surface area contributed by atoms with Crippen molar-refractivity contribution in [3.8, 4) is 11.4 Å². The first kappa shape index (κ1) is 24.2. The Morgan fingerprint density at radius 1 is 0.703 bits per heavy atom.